The molecular weight excluding hydrogens is 277 g/mol. The van der Waals surface area contributed by atoms with E-state index >= 15 is 0 Å². The van der Waals surface area contributed by atoms with E-state index in [2.05, 4.69) is 6.92 Å². The maximum atomic E-state index is 8.46. The summed E-state index contributed by atoms with van der Waals surface area (Å²) < 4.78 is 5.18. The van der Waals surface area contributed by atoms with Crippen LogP contribution in [-0.2, 0) is 24.2 Å². The smallest absolute Gasteiger partial charge is 0.0697 e. The van der Waals surface area contributed by atoms with Crippen LogP contribution >= 0.6 is 0 Å². The van der Waals surface area contributed by atoms with Crippen molar-refractivity contribution in [2.24, 2.45) is 0 Å². The molecule has 0 aliphatic rings. The largest absolute Gasteiger partial charge is 0.394 e. The zero-order valence-electron chi connectivity index (χ0n) is 9.99. The monoisotopic (exact) mass is 304 g/mol. The molecule has 3 heteroatoms. The third kappa shape index (κ3) is 17.2. The Labute approximate surface area is 108 Å². The average Bonchev–Trinajstić information content (AvgIpc) is 2.21. The van der Waals surface area contributed by atoms with Crippen molar-refractivity contribution in [3.63, 3.8) is 0 Å². The van der Waals surface area contributed by atoms with Crippen LogP contribution in [0.15, 0.2) is 0 Å². The van der Waals surface area contributed by atoms with E-state index in [4.69, 9.17) is 9.84 Å². The van der Waals surface area contributed by atoms with Crippen molar-refractivity contribution >= 4 is 0 Å². The molecule has 1 N–H and O–H groups in total. The molecule has 0 fully saturated rings. The van der Waals surface area contributed by atoms with Gasteiger partial charge in [0.25, 0.3) is 0 Å². The third-order valence-electron chi connectivity index (χ3n) is 2.38. The molecular formula is C12H26O2Ru. The van der Waals surface area contributed by atoms with Gasteiger partial charge in [-0.15, -0.1) is 0 Å². The first-order valence-electron chi connectivity index (χ1n) is 6.10. The molecule has 15 heavy (non-hydrogen) atoms. The summed E-state index contributed by atoms with van der Waals surface area (Å²) in [6.45, 7) is 3.71. The predicted molar refractivity (Wildman–Crippen MR) is 60.5 cm³/mol. The molecule has 0 amide bonds. The molecule has 0 aliphatic heterocycles. The number of ether oxygens (including phenoxy) is 1. The summed E-state index contributed by atoms with van der Waals surface area (Å²) in [6, 6.07) is 0. The average molecular weight is 303 g/mol. The summed E-state index contributed by atoms with van der Waals surface area (Å²) >= 11 is 0. The van der Waals surface area contributed by atoms with Gasteiger partial charge in [0.2, 0.25) is 0 Å². The van der Waals surface area contributed by atoms with Gasteiger partial charge in [-0.05, 0) is 6.42 Å². The molecule has 0 heterocycles. The zero-order chi connectivity index (χ0) is 10.5. The standard InChI is InChI=1S/C12H26O2.Ru/c1-2-3-4-5-6-7-8-9-11-14-12-10-13;/h13H,2-12H2,1H3;. The fourth-order valence-corrected chi connectivity index (χ4v) is 1.50. The number of aliphatic hydroxyl groups excluding tert-OH is 1. The summed E-state index contributed by atoms with van der Waals surface area (Å²) in [5.41, 5.74) is 0. The topological polar surface area (TPSA) is 29.5 Å². The predicted octanol–water partition coefficient (Wildman–Crippen LogP) is 3.13. The van der Waals surface area contributed by atoms with Crippen LogP contribution in [0.3, 0.4) is 0 Å². The van der Waals surface area contributed by atoms with Crippen molar-refractivity contribution in [2.45, 2.75) is 58.3 Å². The maximum absolute atomic E-state index is 8.46. The Morgan fingerprint density at radius 2 is 1.33 bits per heavy atom. The summed E-state index contributed by atoms with van der Waals surface area (Å²) in [4.78, 5) is 0. The van der Waals surface area contributed by atoms with Gasteiger partial charge < -0.3 is 9.84 Å². The minimum atomic E-state index is 0. The quantitative estimate of drug-likeness (QED) is 0.469. The van der Waals surface area contributed by atoms with Crippen molar-refractivity contribution in [1.82, 2.24) is 0 Å². The van der Waals surface area contributed by atoms with Gasteiger partial charge in [0.05, 0.1) is 13.2 Å². The first kappa shape index (κ1) is 17.9. The van der Waals surface area contributed by atoms with Gasteiger partial charge in [0.1, 0.15) is 0 Å². The zero-order valence-corrected chi connectivity index (χ0v) is 11.7. The van der Waals surface area contributed by atoms with Crippen LogP contribution < -0.4 is 0 Å². The van der Waals surface area contributed by atoms with Crippen molar-refractivity contribution < 1.29 is 29.3 Å². The summed E-state index contributed by atoms with van der Waals surface area (Å²) in [5, 5.41) is 8.46. The van der Waals surface area contributed by atoms with Gasteiger partial charge >= 0.3 is 0 Å². The van der Waals surface area contributed by atoms with Gasteiger partial charge in [0.15, 0.2) is 0 Å². The van der Waals surface area contributed by atoms with E-state index < -0.39 is 0 Å². The number of rotatable bonds is 11. The Balaban J connectivity index is 0. The number of hydrogen-bond acceptors (Lipinski definition) is 2. The van der Waals surface area contributed by atoms with Crippen LogP contribution in [0, 0.1) is 0 Å². The van der Waals surface area contributed by atoms with Crippen LogP contribution in [0.1, 0.15) is 58.3 Å². The Hall–Kier alpha value is 0.543. The van der Waals surface area contributed by atoms with E-state index in [-0.39, 0.29) is 26.1 Å². The summed E-state index contributed by atoms with van der Waals surface area (Å²) in [7, 11) is 0. The number of hydrogen-bond donors (Lipinski definition) is 1. The molecule has 0 aromatic rings. The molecule has 0 rings (SSSR count). The minimum absolute atomic E-state index is 0. The Morgan fingerprint density at radius 3 is 1.87 bits per heavy atom. The Kier molecular flexibility index (Phi) is 20.3. The maximum Gasteiger partial charge on any atom is 0.0697 e. The van der Waals surface area contributed by atoms with Crippen LogP contribution in [-0.4, -0.2) is 24.9 Å². The molecule has 0 saturated heterocycles. The first-order chi connectivity index (χ1) is 6.91. The Morgan fingerprint density at radius 1 is 0.800 bits per heavy atom. The SMILES string of the molecule is CCCCCCCCCCOCCO.[Ru]. The molecule has 0 bridgehead atoms. The Bertz CT molecular complexity index is 87.6. The normalized spacial score (nSPS) is 10.0. The van der Waals surface area contributed by atoms with Crippen molar-refractivity contribution in [2.75, 3.05) is 19.8 Å². The molecule has 0 unspecified atom stereocenters. The van der Waals surface area contributed by atoms with Crippen molar-refractivity contribution in [3.8, 4) is 0 Å². The molecule has 0 aliphatic carbocycles. The van der Waals surface area contributed by atoms with Crippen LogP contribution in [0.4, 0.5) is 0 Å². The second-order valence-corrected chi connectivity index (χ2v) is 3.81. The van der Waals surface area contributed by atoms with Gasteiger partial charge in [-0.2, -0.15) is 0 Å². The van der Waals surface area contributed by atoms with Crippen molar-refractivity contribution in [1.29, 1.82) is 0 Å². The fraction of sp³-hybridized carbons (Fsp3) is 1.00. The molecule has 2 nitrogen and oxygen atoms in total. The number of aliphatic hydroxyl groups is 1. The van der Waals surface area contributed by atoms with Gasteiger partial charge in [-0.1, -0.05) is 51.9 Å². The van der Waals surface area contributed by atoms with Crippen LogP contribution in [0.25, 0.3) is 0 Å². The molecule has 0 aromatic carbocycles. The van der Waals surface area contributed by atoms with Crippen LogP contribution in [0.5, 0.6) is 0 Å². The van der Waals surface area contributed by atoms with E-state index in [0.717, 1.165) is 13.0 Å². The molecule has 94 valence electrons. The van der Waals surface area contributed by atoms with Gasteiger partial charge in [0, 0.05) is 26.1 Å². The van der Waals surface area contributed by atoms with E-state index in [1.807, 2.05) is 0 Å². The van der Waals surface area contributed by atoms with Gasteiger partial charge in [-0.25, -0.2) is 0 Å². The summed E-state index contributed by atoms with van der Waals surface area (Å²) in [5.74, 6) is 0. The van der Waals surface area contributed by atoms with E-state index in [1.54, 1.807) is 0 Å². The summed E-state index contributed by atoms with van der Waals surface area (Å²) in [6.07, 6.45) is 10.6. The first-order valence-corrected chi connectivity index (χ1v) is 6.10. The van der Waals surface area contributed by atoms with Crippen LogP contribution in [0.2, 0.25) is 0 Å². The number of unbranched alkanes of at least 4 members (excludes halogenated alkanes) is 7. The van der Waals surface area contributed by atoms with Gasteiger partial charge in [-0.3, -0.25) is 0 Å². The van der Waals surface area contributed by atoms with E-state index in [9.17, 15) is 0 Å². The van der Waals surface area contributed by atoms with Crippen molar-refractivity contribution in [3.05, 3.63) is 0 Å². The third-order valence-corrected chi connectivity index (χ3v) is 2.38. The molecule has 0 radical (unpaired) electrons. The molecule has 0 spiro atoms. The second-order valence-electron chi connectivity index (χ2n) is 3.81. The van der Waals surface area contributed by atoms with E-state index in [0.29, 0.717) is 6.61 Å². The fourth-order valence-electron chi connectivity index (χ4n) is 1.50. The minimum Gasteiger partial charge on any atom is -0.394 e. The molecule has 0 atom stereocenters. The van der Waals surface area contributed by atoms with E-state index in [1.165, 1.54) is 44.9 Å². The second kappa shape index (κ2) is 17.0. The molecule has 0 aromatic heterocycles. The molecule has 0 saturated carbocycles.